The van der Waals surface area contributed by atoms with Crippen molar-refractivity contribution in [2.75, 3.05) is 13.1 Å². The zero-order valence-electron chi connectivity index (χ0n) is 21.6. The second-order valence-corrected chi connectivity index (χ2v) is 12.4. The number of aliphatic hydroxyl groups is 1. The van der Waals surface area contributed by atoms with Crippen LogP contribution >= 0.6 is 0 Å². The molecule has 7 rings (SSSR count). The van der Waals surface area contributed by atoms with Crippen molar-refractivity contribution in [1.82, 2.24) is 4.90 Å². The van der Waals surface area contributed by atoms with Crippen molar-refractivity contribution >= 4 is 5.78 Å². The van der Waals surface area contributed by atoms with Gasteiger partial charge in [-0.05, 0) is 75.1 Å². The second-order valence-electron chi connectivity index (χ2n) is 12.4. The number of aliphatic hydroxyl groups excluding tert-OH is 1. The predicted octanol–water partition coefficient (Wildman–Crippen LogP) is 6.12. The Kier molecular flexibility index (Phi) is 5.21. The van der Waals surface area contributed by atoms with Crippen molar-refractivity contribution < 1.29 is 24.1 Å². The fraction of sp³-hybridized carbons (Fsp3) is 0.581. The number of ether oxygens (including phenoxy) is 1. The van der Waals surface area contributed by atoms with Gasteiger partial charge in [0.15, 0.2) is 17.1 Å². The number of hydrogen-bond donors (Lipinski definition) is 2. The standard InChI is InChI=1S/C31H36FNO4/c1-16-17(2)31-22(14-24(16)34)11-20-12-23-27(29(36)26(20)30(31)37-31)25(35)13-21(28(23)32)15-33-9-7-19(8-10-33)18-5-3-4-6-18/h13,18-20,22,34-35H,2-12,14-15H2,1H3/t20-,22+,31+/m1/s1. The van der Waals surface area contributed by atoms with E-state index in [0.717, 1.165) is 43.3 Å². The van der Waals surface area contributed by atoms with Gasteiger partial charge in [-0.1, -0.05) is 32.3 Å². The maximum absolute atomic E-state index is 16.0. The Balaban J connectivity index is 1.15. The van der Waals surface area contributed by atoms with E-state index in [1.807, 2.05) is 6.92 Å². The van der Waals surface area contributed by atoms with Crippen molar-refractivity contribution in [3.8, 4) is 5.75 Å². The van der Waals surface area contributed by atoms with Crippen LogP contribution in [0.4, 0.5) is 4.39 Å². The molecular weight excluding hydrogens is 469 g/mol. The molecule has 3 atom stereocenters. The largest absolute Gasteiger partial charge is 0.512 e. The molecule has 6 aliphatic rings. The molecule has 2 aliphatic heterocycles. The van der Waals surface area contributed by atoms with E-state index < -0.39 is 5.60 Å². The molecule has 2 saturated heterocycles. The molecule has 5 nitrogen and oxygen atoms in total. The minimum Gasteiger partial charge on any atom is -0.512 e. The molecule has 1 saturated carbocycles. The Morgan fingerprint density at radius 3 is 2.57 bits per heavy atom. The van der Waals surface area contributed by atoms with Gasteiger partial charge in [-0.3, -0.25) is 9.69 Å². The topological polar surface area (TPSA) is 73.3 Å². The highest BCUT2D eigenvalue weighted by molar-refractivity contribution is 6.14. The minimum absolute atomic E-state index is 0.0113. The smallest absolute Gasteiger partial charge is 0.196 e. The quantitative estimate of drug-likeness (QED) is 0.484. The Bertz CT molecular complexity index is 1280. The number of allylic oxidation sites excluding steroid dienone is 2. The number of ketones is 1. The first-order valence-corrected chi connectivity index (χ1v) is 14.1. The zero-order chi connectivity index (χ0) is 25.6. The van der Waals surface area contributed by atoms with Crippen LogP contribution < -0.4 is 0 Å². The molecule has 0 aromatic heterocycles. The summed E-state index contributed by atoms with van der Waals surface area (Å²) in [6, 6.07) is 1.47. The normalized spacial score (nSPS) is 32.2. The molecule has 196 valence electrons. The van der Waals surface area contributed by atoms with E-state index in [1.165, 1.54) is 31.7 Å². The molecule has 2 heterocycles. The molecule has 2 N–H and O–H groups in total. The third-order valence-corrected chi connectivity index (χ3v) is 10.6. The van der Waals surface area contributed by atoms with Gasteiger partial charge in [0, 0.05) is 41.2 Å². The molecule has 3 fully saturated rings. The number of likely N-dealkylation sites (tertiary alicyclic amines) is 1. The molecule has 4 aliphatic carbocycles. The molecule has 0 unspecified atom stereocenters. The maximum atomic E-state index is 16.0. The molecule has 0 bridgehead atoms. The van der Waals surface area contributed by atoms with Gasteiger partial charge in [-0.25, -0.2) is 4.39 Å². The number of benzene rings is 1. The lowest BCUT2D eigenvalue weighted by Crippen LogP contribution is -2.39. The Labute approximate surface area is 217 Å². The third kappa shape index (κ3) is 3.33. The number of piperidine rings is 1. The highest BCUT2D eigenvalue weighted by atomic mass is 19.1. The van der Waals surface area contributed by atoms with Gasteiger partial charge < -0.3 is 14.9 Å². The molecule has 1 aromatic carbocycles. The summed E-state index contributed by atoms with van der Waals surface area (Å²) < 4.78 is 22.1. The van der Waals surface area contributed by atoms with Crippen LogP contribution in [0.15, 0.2) is 40.9 Å². The third-order valence-electron chi connectivity index (χ3n) is 10.6. The number of halogens is 1. The van der Waals surface area contributed by atoms with Crippen LogP contribution in [0.1, 0.15) is 79.8 Å². The lowest BCUT2D eigenvalue weighted by molar-refractivity contribution is 0.0994. The summed E-state index contributed by atoms with van der Waals surface area (Å²) in [6.45, 7) is 8.38. The number of phenols is 1. The van der Waals surface area contributed by atoms with Crippen LogP contribution in [0.3, 0.4) is 0 Å². The number of hydrogen-bond acceptors (Lipinski definition) is 5. The van der Waals surface area contributed by atoms with E-state index in [4.69, 9.17) is 4.74 Å². The monoisotopic (exact) mass is 505 g/mol. The number of nitrogens with zero attached hydrogens (tertiary/aromatic N) is 1. The fourth-order valence-corrected chi connectivity index (χ4v) is 8.41. The summed E-state index contributed by atoms with van der Waals surface area (Å²) >= 11 is 0. The van der Waals surface area contributed by atoms with E-state index in [2.05, 4.69) is 11.5 Å². The number of epoxide rings is 1. The van der Waals surface area contributed by atoms with Gasteiger partial charge in [0.25, 0.3) is 0 Å². The van der Waals surface area contributed by atoms with Crippen LogP contribution in [0, 0.1) is 29.5 Å². The van der Waals surface area contributed by atoms with E-state index >= 15 is 4.39 Å². The summed E-state index contributed by atoms with van der Waals surface area (Å²) in [7, 11) is 0. The molecule has 6 heteroatoms. The molecule has 0 amide bonds. The van der Waals surface area contributed by atoms with Gasteiger partial charge in [0.05, 0.1) is 11.3 Å². The van der Waals surface area contributed by atoms with Gasteiger partial charge in [-0.2, -0.15) is 0 Å². The van der Waals surface area contributed by atoms with Crippen LogP contribution in [0.25, 0.3) is 0 Å². The fourth-order valence-electron chi connectivity index (χ4n) is 8.41. The first-order valence-electron chi connectivity index (χ1n) is 14.1. The van der Waals surface area contributed by atoms with Crippen LogP contribution in [-0.4, -0.2) is 39.6 Å². The zero-order valence-corrected chi connectivity index (χ0v) is 21.6. The molecule has 1 spiro atoms. The van der Waals surface area contributed by atoms with Gasteiger partial charge in [-0.15, -0.1) is 0 Å². The number of aromatic hydroxyl groups is 1. The van der Waals surface area contributed by atoms with Crippen LogP contribution in [0.2, 0.25) is 0 Å². The lowest BCUT2D eigenvalue weighted by Gasteiger charge is -2.38. The SMILES string of the molecule is C=C1C(C)=C(O)C[C@@H]2C[C@@H]3Cc4c(F)c(CN5CCC(C6CCCC6)CC5)cc(O)c4C(=O)C3=C3O[C@]132. The Morgan fingerprint density at radius 1 is 1.14 bits per heavy atom. The number of carbonyl (C=O) groups is 1. The Morgan fingerprint density at radius 2 is 1.84 bits per heavy atom. The summed E-state index contributed by atoms with van der Waals surface area (Å²) in [5.74, 6) is 1.62. The number of Topliss-reactive ketones (excluding diaryl/α,β-unsaturated/α-hetero) is 1. The van der Waals surface area contributed by atoms with Crippen molar-refractivity contribution in [3.63, 3.8) is 0 Å². The maximum Gasteiger partial charge on any atom is 0.196 e. The van der Waals surface area contributed by atoms with Crippen molar-refractivity contribution in [2.45, 2.75) is 76.9 Å². The predicted molar refractivity (Wildman–Crippen MR) is 138 cm³/mol. The second kappa shape index (κ2) is 8.20. The number of carbonyl (C=O) groups excluding carboxylic acids is 1. The summed E-state index contributed by atoms with van der Waals surface area (Å²) in [4.78, 5) is 16.0. The highest BCUT2D eigenvalue weighted by Crippen LogP contribution is 2.65. The molecular formula is C31H36FNO4. The average Bonchev–Trinajstić information content (AvgIpc) is 3.39. The van der Waals surface area contributed by atoms with E-state index in [0.29, 0.717) is 59.6 Å². The Hall–Kier alpha value is -2.60. The lowest BCUT2D eigenvalue weighted by atomic mass is 9.62. The average molecular weight is 506 g/mol. The summed E-state index contributed by atoms with van der Waals surface area (Å²) in [6.07, 6.45) is 9.24. The first kappa shape index (κ1) is 23.5. The highest BCUT2D eigenvalue weighted by Gasteiger charge is 2.68. The molecule has 37 heavy (non-hydrogen) atoms. The van der Waals surface area contributed by atoms with Crippen molar-refractivity contribution in [3.05, 3.63) is 63.4 Å². The van der Waals surface area contributed by atoms with Crippen molar-refractivity contribution in [1.29, 1.82) is 0 Å². The molecule has 1 aromatic rings. The first-order chi connectivity index (χ1) is 17.8. The minimum atomic E-state index is -0.714. The van der Waals surface area contributed by atoms with E-state index in [-0.39, 0.29) is 34.7 Å². The van der Waals surface area contributed by atoms with Gasteiger partial charge in [0.1, 0.15) is 11.6 Å². The van der Waals surface area contributed by atoms with Crippen LogP contribution in [-0.2, 0) is 17.7 Å². The number of phenolic OH excluding ortho intramolecular Hbond substituents is 1. The van der Waals surface area contributed by atoms with E-state index in [1.54, 1.807) is 0 Å². The van der Waals surface area contributed by atoms with Gasteiger partial charge in [0.2, 0.25) is 0 Å². The van der Waals surface area contributed by atoms with Gasteiger partial charge >= 0.3 is 0 Å². The van der Waals surface area contributed by atoms with E-state index in [9.17, 15) is 15.0 Å². The summed E-state index contributed by atoms with van der Waals surface area (Å²) in [5, 5.41) is 21.4. The molecule has 0 radical (unpaired) electrons. The van der Waals surface area contributed by atoms with Crippen molar-refractivity contribution in [2.24, 2.45) is 23.7 Å². The summed E-state index contributed by atoms with van der Waals surface area (Å²) in [5.41, 5.74) is 2.20. The van der Waals surface area contributed by atoms with Crippen LogP contribution in [0.5, 0.6) is 5.75 Å². The number of rotatable bonds is 3. The number of fused-ring (bicyclic) bond motifs is 2.